The molecule has 1 fully saturated rings. The fourth-order valence-electron chi connectivity index (χ4n) is 1.69. The van der Waals surface area contributed by atoms with Crippen LogP contribution in [0.3, 0.4) is 0 Å². The molecule has 14 heavy (non-hydrogen) atoms. The Bertz CT molecular complexity index is 338. The number of quaternary nitrogens is 1. The fraction of sp³-hybridized carbons (Fsp3) is 0.400. The lowest BCUT2D eigenvalue weighted by molar-refractivity contribution is -0.129. The Morgan fingerprint density at radius 3 is 3.00 bits per heavy atom. The van der Waals surface area contributed by atoms with Gasteiger partial charge >= 0.3 is 5.91 Å². The third kappa shape index (κ3) is 1.42. The topological polar surface area (TPSA) is 42.0 Å². The van der Waals surface area contributed by atoms with Gasteiger partial charge in [-0.1, -0.05) is 6.07 Å². The molecular formula is C10H14N3O+. The summed E-state index contributed by atoms with van der Waals surface area (Å²) >= 11 is 0. The molecule has 0 aliphatic carbocycles. The second-order valence-electron chi connectivity index (χ2n) is 3.67. The largest absolute Gasteiger partial charge is 0.333 e. The molecule has 1 N–H and O–H groups in total. The molecule has 1 atom stereocenters. The molecule has 1 unspecified atom stereocenters. The zero-order valence-electron chi connectivity index (χ0n) is 8.23. The molecule has 1 saturated heterocycles. The van der Waals surface area contributed by atoms with Crippen LogP contribution in [0.15, 0.2) is 24.4 Å². The summed E-state index contributed by atoms with van der Waals surface area (Å²) in [6, 6.07) is 5.69. The van der Waals surface area contributed by atoms with Gasteiger partial charge in [0, 0.05) is 18.8 Å². The van der Waals surface area contributed by atoms with Crippen molar-refractivity contribution >= 4 is 11.7 Å². The van der Waals surface area contributed by atoms with Crippen LogP contribution in [0, 0.1) is 0 Å². The fourth-order valence-corrected chi connectivity index (χ4v) is 1.69. The van der Waals surface area contributed by atoms with E-state index in [-0.39, 0.29) is 5.91 Å². The zero-order chi connectivity index (χ0) is 10.0. The summed E-state index contributed by atoms with van der Waals surface area (Å²) in [5.74, 6) is 1.01. The minimum absolute atomic E-state index is 0.176. The first-order valence-corrected chi connectivity index (χ1v) is 4.75. The van der Waals surface area contributed by atoms with Crippen molar-refractivity contribution < 1.29 is 4.79 Å². The van der Waals surface area contributed by atoms with Gasteiger partial charge in [0.05, 0.1) is 7.05 Å². The molecule has 0 bridgehead atoms. The lowest BCUT2D eigenvalue weighted by Gasteiger charge is -2.33. The number of aromatic nitrogens is 1. The van der Waals surface area contributed by atoms with E-state index in [2.05, 4.69) is 10.3 Å². The number of likely N-dealkylation sites (N-methyl/N-ethyl adjacent to an activating group) is 1. The Morgan fingerprint density at radius 2 is 2.36 bits per heavy atom. The molecular weight excluding hydrogens is 178 g/mol. The molecule has 4 nitrogen and oxygen atoms in total. The van der Waals surface area contributed by atoms with Gasteiger partial charge in [-0.3, -0.25) is 5.32 Å². The standard InChI is InChI=1S/C10H14N3O/c1-13(7-6-11-8-10(13)14)9-4-2-3-5-12-9/h2-5,11H,6-8H2,1H3/q+1. The van der Waals surface area contributed by atoms with E-state index in [9.17, 15) is 4.79 Å². The van der Waals surface area contributed by atoms with E-state index in [1.54, 1.807) is 6.20 Å². The van der Waals surface area contributed by atoms with Crippen molar-refractivity contribution in [2.24, 2.45) is 0 Å². The molecule has 1 aliphatic heterocycles. The Kier molecular flexibility index (Phi) is 2.31. The second kappa shape index (κ2) is 3.48. The number of nitrogens with one attached hydrogen (secondary N) is 1. The SMILES string of the molecule is C[N+]1(c2ccccn2)CCNCC1=O. The van der Waals surface area contributed by atoms with E-state index < -0.39 is 0 Å². The van der Waals surface area contributed by atoms with Gasteiger partial charge in [-0.25, -0.2) is 14.3 Å². The van der Waals surface area contributed by atoms with E-state index in [1.165, 1.54) is 0 Å². The average molecular weight is 192 g/mol. The number of carbonyl (C=O) groups is 1. The third-order valence-corrected chi connectivity index (χ3v) is 2.72. The molecule has 2 rings (SSSR count). The highest BCUT2D eigenvalue weighted by atomic mass is 16.2. The van der Waals surface area contributed by atoms with Crippen LogP contribution in [-0.4, -0.2) is 37.6 Å². The first kappa shape index (κ1) is 9.30. The number of hydrogen-bond donors (Lipinski definition) is 1. The summed E-state index contributed by atoms with van der Waals surface area (Å²) in [7, 11) is 1.92. The first-order chi connectivity index (χ1) is 6.73. The number of nitrogens with zero attached hydrogens (tertiary/aromatic N) is 2. The second-order valence-corrected chi connectivity index (χ2v) is 3.67. The number of carbonyl (C=O) groups excluding carboxylic acids is 1. The van der Waals surface area contributed by atoms with Crippen molar-refractivity contribution in [3.8, 4) is 0 Å². The molecule has 74 valence electrons. The van der Waals surface area contributed by atoms with Crippen molar-refractivity contribution in [3.05, 3.63) is 24.4 Å². The van der Waals surface area contributed by atoms with Gasteiger partial charge in [0.25, 0.3) is 0 Å². The van der Waals surface area contributed by atoms with E-state index >= 15 is 0 Å². The number of hydrogen-bond acceptors (Lipinski definition) is 3. The number of amides is 1. The summed E-state index contributed by atoms with van der Waals surface area (Å²) in [4.78, 5) is 16.0. The van der Waals surface area contributed by atoms with Crippen LogP contribution in [0.25, 0.3) is 0 Å². The number of piperazine rings is 1. The van der Waals surface area contributed by atoms with E-state index in [0.717, 1.165) is 18.9 Å². The van der Waals surface area contributed by atoms with Gasteiger partial charge in [-0.2, -0.15) is 0 Å². The van der Waals surface area contributed by atoms with Gasteiger partial charge in [0.2, 0.25) is 5.82 Å². The Hall–Kier alpha value is -1.26. The predicted molar refractivity (Wildman–Crippen MR) is 54.7 cm³/mol. The molecule has 1 aliphatic rings. The van der Waals surface area contributed by atoms with Crippen LogP contribution in [-0.2, 0) is 4.79 Å². The molecule has 1 aromatic rings. The predicted octanol–water partition coefficient (Wildman–Crippen LogP) is 0.148. The van der Waals surface area contributed by atoms with Crippen molar-refractivity contribution in [1.29, 1.82) is 0 Å². The van der Waals surface area contributed by atoms with Crippen LogP contribution in [0.1, 0.15) is 0 Å². The summed E-state index contributed by atoms with van der Waals surface area (Å²) in [5.41, 5.74) is 0. The molecule has 4 heteroatoms. The highest BCUT2D eigenvalue weighted by Crippen LogP contribution is 2.18. The van der Waals surface area contributed by atoms with Gasteiger partial charge in [0.1, 0.15) is 13.1 Å². The quantitative estimate of drug-likeness (QED) is 0.644. The lowest BCUT2D eigenvalue weighted by atomic mass is 10.2. The van der Waals surface area contributed by atoms with Gasteiger partial charge < -0.3 is 0 Å². The number of pyridine rings is 1. The van der Waals surface area contributed by atoms with Crippen molar-refractivity contribution in [2.75, 3.05) is 26.7 Å². The smallest absolute Gasteiger partial charge is 0.300 e. The maximum Gasteiger partial charge on any atom is 0.333 e. The van der Waals surface area contributed by atoms with Crippen LogP contribution >= 0.6 is 0 Å². The molecule has 0 saturated carbocycles. The zero-order valence-corrected chi connectivity index (χ0v) is 8.23. The molecule has 0 aromatic carbocycles. The Morgan fingerprint density at radius 1 is 1.50 bits per heavy atom. The summed E-state index contributed by atoms with van der Waals surface area (Å²) in [5, 5.41) is 3.07. The molecule has 1 aromatic heterocycles. The van der Waals surface area contributed by atoms with Crippen LogP contribution in [0.2, 0.25) is 0 Å². The summed E-state index contributed by atoms with van der Waals surface area (Å²) in [6.07, 6.45) is 1.73. The van der Waals surface area contributed by atoms with Crippen LogP contribution in [0.5, 0.6) is 0 Å². The monoisotopic (exact) mass is 192 g/mol. The van der Waals surface area contributed by atoms with E-state index in [4.69, 9.17) is 0 Å². The Labute approximate surface area is 83.2 Å². The summed E-state index contributed by atoms with van der Waals surface area (Å²) in [6.45, 7) is 2.07. The van der Waals surface area contributed by atoms with Crippen molar-refractivity contribution in [3.63, 3.8) is 0 Å². The van der Waals surface area contributed by atoms with Gasteiger partial charge in [0.15, 0.2) is 0 Å². The lowest BCUT2D eigenvalue weighted by Crippen LogP contribution is -2.61. The minimum atomic E-state index is 0.176. The molecule has 1 amide bonds. The van der Waals surface area contributed by atoms with Crippen LogP contribution in [0.4, 0.5) is 5.82 Å². The molecule has 0 spiro atoms. The maximum absolute atomic E-state index is 11.8. The number of rotatable bonds is 1. The normalized spacial score (nSPS) is 27.6. The van der Waals surface area contributed by atoms with Gasteiger partial charge in [-0.05, 0) is 6.07 Å². The Balaban J connectivity index is 2.35. The van der Waals surface area contributed by atoms with Gasteiger partial charge in [-0.15, -0.1) is 0 Å². The average Bonchev–Trinajstić information content (AvgIpc) is 2.24. The minimum Gasteiger partial charge on any atom is -0.300 e. The van der Waals surface area contributed by atoms with Crippen molar-refractivity contribution in [1.82, 2.24) is 14.8 Å². The maximum atomic E-state index is 11.8. The van der Waals surface area contributed by atoms with E-state index in [0.29, 0.717) is 11.0 Å². The van der Waals surface area contributed by atoms with Crippen LogP contribution < -0.4 is 9.80 Å². The van der Waals surface area contributed by atoms with E-state index in [1.807, 2.05) is 25.2 Å². The molecule has 2 heterocycles. The first-order valence-electron chi connectivity index (χ1n) is 4.75. The molecule has 0 radical (unpaired) electrons. The van der Waals surface area contributed by atoms with Crippen molar-refractivity contribution in [2.45, 2.75) is 0 Å². The highest BCUT2D eigenvalue weighted by Gasteiger charge is 2.37. The summed E-state index contributed by atoms with van der Waals surface area (Å²) < 4.78 is 0.313. The highest BCUT2D eigenvalue weighted by molar-refractivity contribution is 5.89. The third-order valence-electron chi connectivity index (χ3n) is 2.72.